The van der Waals surface area contributed by atoms with Crippen molar-refractivity contribution in [1.29, 1.82) is 0 Å². The van der Waals surface area contributed by atoms with Gasteiger partial charge in [-0.25, -0.2) is 0 Å². The Labute approximate surface area is 208 Å². The van der Waals surface area contributed by atoms with Gasteiger partial charge in [0.2, 0.25) is 0 Å². The van der Waals surface area contributed by atoms with Crippen molar-refractivity contribution in [3.8, 4) is 11.5 Å². The average molecular weight is 554 g/mol. The van der Waals surface area contributed by atoms with Gasteiger partial charge in [0.05, 0.1) is 27.4 Å². The molecule has 0 spiro atoms. The van der Waals surface area contributed by atoms with E-state index in [0.717, 1.165) is 69.8 Å². The highest BCUT2D eigenvalue weighted by atomic mass is 127. The van der Waals surface area contributed by atoms with Gasteiger partial charge in [-0.2, -0.15) is 0 Å². The number of ether oxygens (including phenoxy) is 3. The van der Waals surface area contributed by atoms with Gasteiger partial charge in [-0.05, 0) is 35.2 Å². The maximum atomic E-state index is 5.42. The summed E-state index contributed by atoms with van der Waals surface area (Å²) in [7, 11) is 5.09. The highest BCUT2D eigenvalue weighted by Gasteiger charge is 2.10. The maximum Gasteiger partial charge on any atom is 0.191 e. The van der Waals surface area contributed by atoms with Gasteiger partial charge in [0.25, 0.3) is 0 Å². The molecule has 2 aromatic carbocycles. The molecule has 0 unspecified atom stereocenters. The Morgan fingerprint density at radius 1 is 0.938 bits per heavy atom. The van der Waals surface area contributed by atoms with E-state index in [0.29, 0.717) is 0 Å². The molecule has 3 rings (SSSR count). The summed E-state index contributed by atoms with van der Waals surface area (Å²) in [6.45, 7) is 6.17. The second-order valence-corrected chi connectivity index (χ2v) is 7.50. The predicted molar refractivity (Wildman–Crippen MR) is 139 cm³/mol. The molecule has 1 heterocycles. The van der Waals surface area contributed by atoms with Crippen LogP contribution in [0.4, 0.5) is 0 Å². The van der Waals surface area contributed by atoms with E-state index in [2.05, 4.69) is 50.9 Å². The number of aliphatic imine (C=N–C) groups is 1. The van der Waals surface area contributed by atoms with Gasteiger partial charge in [0.1, 0.15) is 0 Å². The number of nitrogens with zero attached hydrogens (tertiary/aromatic N) is 2. The molecule has 32 heavy (non-hydrogen) atoms. The zero-order valence-corrected chi connectivity index (χ0v) is 21.6. The Hall–Kier alpha value is -2.04. The first-order valence-corrected chi connectivity index (χ1v) is 10.7. The zero-order valence-electron chi connectivity index (χ0n) is 19.2. The van der Waals surface area contributed by atoms with Crippen LogP contribution in [0, 0.1) is 0 Å². The van der Waals surface area contributed by atoms with Crippen molar-refractivity contribution in [2.45, 2.75) is 19.5 Å². The highest BCUT2D eigenvalue weighted by Crippen LogP contribution is 2.27. The standard InChI is InChI=1S/C24H34N4O3.HI/c1-25-24(26-11-10-19-8-9-22(29-2)23(16-19)30-3)27-17-20-4-6-21(7-5-20)18-28-12-14-31-15-13-28;/h4-9,16H,10-15,17-18H2,1-3H3,(H2,25,26,27);1H. The van der Waals surface area contributed by atoms with E-state index in [-0.39, 0.29) is 24.0 Å². The summed E-state index contributed by atoms with van der Waals surface area (Å²) in [5, 5.41) is 6.75. The molecule has 0 bridgehead atoms. The van der Waals surface area contributed by atoms with Gasteiger partial charge in [-0.15, -0.1) is 24.0 Å². The van der Waals surface area contributed by atoms with Gasteiger partial charge < -0.3 is 24.8 Å². The summed E-state index contributed by atoms with van der Waals surface area (Å²) < 4.78 is 16.1. The van der Waals surface area contributed by atoms with E-state index in [1.807, 2.05) is 12.1 Å². The third-order valence-electron chi connectivity index (χ3n) is 5.37. The molecule has 1 aliphatic rings. The number of morpholine rings is 1. The maximum absolute atomic E-state index is 5.42. The zero-order chi connectivity index (χ0) is 21.9. The largest absolute Gasteiger partial charge is 0.493 e. The molecule has 0 atom stereocenters. The van der Waals surface area contributed by atoms with Crippen LogP contribution in [-0.4, -0.2) is 65.0 Å². The third kappa shape index (κ3) is 8.14. The van der Waals surface area contributed by atoms with Crippen LogP contribution in [0.25, 0.3) is 0 Å². The SMILES string of the molecule is CN=C(NCCc1ccc(OC)c(OC)c1)NCc1ccc(CN2CCOCC2)cc1.I. The number of rotatable bonds is 9. The molecule has 1 aliphatic heterocycles. The van der Waals surface area contributed by atoms with E-state index in [1.165, 1.54) is 16.7 Å². The normalized spacial score (nSPS) is 14.4. The van der Waals surface area contributed by atoms with Gasteiger partial charge in [-0.3, -0.25) is 9.89 Å². The Kier molecular flexibility index (Phi) is 11.6. The van der Waals surface area contributed by atoms with Crippen molar-refractivity contribution in [3.63, 3.8) is 0 Å². The molecule has 0 radical (unpaired) electrons. The molecule has 176 valence electrons. The summed E-state index contributed by atoms with van der Waals surface area (Å²) >= 11 is 0. The Balaban J connectivity index is 0.00000363. The Bertz CT molecular complexity index is 840. The van der Waals surface area contributed by atoms with Gasteiger partial charge in [0.15, 0.2) is 17.5 Å². The topological polar surface area (TPSA) is 67.4 Å². The van der Waals surface area contributed by atoms with Crippen LogP contribution < -0.4 is 20.1 Å². The fourth-order valence-electron chi connectivity index (χ4n) is 3.55. The molecule has 0 saturated carbocycles. The molecule has 0 aromatic heterocycles. The van der Waals surface area contributed by atoms with Crippen molar-refractivity contribution in [1.82, 2.24) is 15.5 Å². The molecule has 7 nitrogen and oxygen atoms in total. The van der Waals surface area contributed by atoms with Crippen LogP contribution in [0.2, 0.25) is 0 Å². The fourth-order valence-corrected chi connectivity index (χ4v) is 3.55. The summed E-state index contributed by atoms with van der Waals surface area (Å²) in [5.41, 5.74) is 3.74. The summed E-state index contributed by atoms with van der Waals surface area (Å²) in [6, 6.07) is 14.8. The van der Waals surface area contributed by atoms with E-state index >= 15 is 0 Å². The number of methoxy groups -OCH3 is 2. The first-order valence-electron chi connectivity index (χ1n) is 10.7. The molecule has 1 saturated heterocycles. The number of hydrogen-bond donors (Lipinski definition) is 2. The van der Waals surface area contributed by atoms with Crippen LogP contribution in [0.3, 0.4) is 0 Å². The van der Waals surface area contributed by atoms with Gasteiger partial charge >= 0.3 is 0 Å². The lowest BCUT2D eigenvalue weighted by Crippen LogP contribution is -2.37. The second-order valence-electron chi connectivity index (χ2n) is 7.50. The lowest BCUT2D eigenvalue weighted by atomic mass is 10.1. The average Bonchev–Trinajstić information content (AvgIpc) is 2.82. The molecule has 0 aliphatic carbocycles. The number of hydrogen-bond acceptors (Lipinski definition) is 5. The lowest BCUT2D eigenvalue weighted by molar-refractivity contribution is 0.0342. The minimum Gasteiger partial charge on any atom is -0.493 e. The molecule has 0 amide bonds. The molecule has 2 N–H and O–H groups in total. The minimum absolute atomic E-state index is 0. The lowest BCUT2D eigenvalue weighted by Gasteiger charge is -2.26. The van der Waals surface area contributed by atoms with E-state index in [4.69, 9.17) is 14.2 Å². The second kappa shape index (κ2) is 14.2. The quantitative estimate of drug-likeness (QED) is 0.282. The van der Waals surface area contributed by atoms with Crippen LogP contribution in [0.5, 0.6) is 11.5 Å². The van der Waals surface area contributed by atoms with Crippen molar-refractivity contribution < 1.29 is 14.2 Å². The van der Waals surface area contributed by atoms with E-state index in [1.54, 1.807) is 21.3 Å². The number of guanidine groups is 1. The summed E-state index contributed by atoms with van der Waals surface area (Å²) in [5.74, 6) is 2.28. The first-order chi connectivity index (χ1) is 15.2. The van der Waals surface area contributed by atoms with Crippen LogP contribution in [0.1, 0.15) is 16.7 Å². The highest BCUT2D eigenvalue weighted by molar-refractivity contribution is 14.0. The van der Waals surface area contributed by atoms with Crippen LogP contribution in [0.15, 0.2) is 47.5 Å². The summed E-state index contributed by atoms with van der Waals surface area (Å²) in [6.07, 6.45) is 0.858. The van der Waals surface area contributed by atoms with Gasteiger partial charge in [0, 0.05) is 39.8 Å². The predicted octanol–water partition coefficient (Wildman–Crippen LogP) is 3.06. The van der Waals surface area contributed by atoms with Crippen LogP contribution >= 0.6 is 24.0 Å². The fraction of sp³-hybridized carbons (Fsp3) is 0.458. The van der Waals surface area contributed by atoms with Crippen LogP contribution in [-0.2, 0) is 24.2 Å². The summed E-state index contributed by atoms with van der Waals surface area (Å²) in [4.78, 5) is 6.75. The Morgan fingerprint density at radius 3 is 2.25 bits per heavy atom. The molecular formula is C24H35IN4O3. The number of nitrogens with one attached hydrogen (secondary N) is 2. The number of halogens is 1. The molecule has 1 fully saturated rings. The first kappa shape index (κ1) is 26.2. The molecular weight excluding hydrogens is 519 g/mol. The van der Waals surface area contributed by atoms with Crippen molar-refractivity contribution in [3.05, 3.63) is 59.2 Å². The monoisotopic (exact) mass is 554 g/mol. The smallest absolute Gasteiger partial charge is 0.191 e. The minimum atomic E-state index is 0. The van der Waals surface area contributed by atoms with E-state index < -0.39 is 0 Å². The number of benzene rings is 2. The van der Waals surface area contributed by atoms with Crippen molar-refractivity contribution in [2.24, 2.45) is 4.99 Å². The van der Waals surface area contributed by atoms with Crippen molar-refractivity contribution in [2.75, 3.05) is 54.1 Å². The third-order valence-corrected chi connectivity index (χ3v) is 5.37. The van der Waals surface area contributed by atoms with Crippen molar-refractivity contribution >= 4 is 29.9 Å². The van der Waals surface area contributed by atoms with E-state index in [9.17, 15) is 0 Å². The molecule has 2 aromatic rings. The van der Waals surface area contributed by atoms with Gasteiger partial charge in [-0.1, -0.05) is 30.3 Å². The Morgan fingerprint density at radius 2 is 1.59 bits per heavy atom. The molecule has 8 heteroatoms.